The van der Waals surface area contributed by atoms with E-state index in [0.717, 1.165) is 11.1 Å². The minimum Gasteiger partial charge on any atom is -0.494 e. The highest BCUT2D eigenvalue weighted by Gasteiger charge is 2.15. The van der Waals surface area contributed by atoms with Crippen LogP contribution in [0, 0.1) is 5.82 Å². The first-order chi connectivity index (χ1) is 11.0. The maximum absolute atomic E-state index is 13.7. The third kappa shape index (κ3) is 4.55. The summed E-state index contributed by atoms with van der Waals surface area (Å²) >= 11 is 0. The Labute approximate surface area is 136 Å². The van der Waals surface area contributed by atoms with E-state index in [2.05, 4.69) is 0 Å². The number of nitrogens with zero attached hydrogens (tertiary/aromatic N) is 1. The number of hydrogen-bond donors (Lipinski definition) is 0. The van der Waals surface area contributed by atoms with E-state index in [0.29, 0.717) is 13.0 Å². The fourth-order valence-electron chi connectivity index (χ4n) is 2.49. The van der Waals surface area contributed by atoms with Gasteiger partial charge in [-0.1, -0.05) is 43.3 Å². The molecule has 2 aromatic carbocycles. The van der Waals surface area contributed by atoms with Crippen molar-refractivity contribution in [2.75, 3.05) is 14.2 Å². The van der Waals surface area contributed by atoms with Crippen LogP contribution in [0.1, 0.15) is 30.4 Å². The molecule has 0 N–H and O–H groups in total. The fraction of sp³-hybridized carbons (Fsp3) is 0.316. The maximum Gasteiger partial charge on any atom is 0.223 e. The zero-order valence-electron chi connectivity index (χ0n) is 13.8. The van der Waals surface area contributed by atoms with Crippen LogP contribution in [0.15, 0.2) is 48.5 Å². The molecule has 0 radical (unpaired) electrons. The Kier molecular flexibility index (Phi) is 5.74. The van der Waals surface area contributed by atoms with Crippen molar-refractivity contribution in [3.05, 3.63) is 65.5 Å². The molecule has 0 bridgehead atoms. The Morgan fingerprint density at radius 2 is 1.91 bits per heavy atom. The number of carbonyl (C=O) groups is 1. The minimum atomic E-state index is -0.413. The van der Waals surface area contributed by atoms with Crippen LogP contribution in [-0.4, -0.2) is 25.0 Å². The third-order valence-corrected chi connectivity index (χ3v) is 3.91. The standard InChI is InChI=1S/C19H22FNO2/c1-14(16-7-5-4-6-8-16)11-19(22)21(2)13-15-9-10-18(23-3)17(20)12-15/h4-10,12,14H,11,13H2,1-3H3. The molecule has 1 unspecified atom stereocenters. The van der Waals surface area contributed by atoms with Crippen molar-refractivity contribution in [2.24, 2.45) is 0 Å². The minimum absolute atomic E-state index is 0.0394. The van der Waals surface area contributed by atoms with Gasteiger partial charge in [0, 0.05) is 20.0 Å². The molecular formula is C19H22FNO2. The molecule has 2 aromatic rings. The van der Waals surface area contributed by atoms with Crippen LogP contribution in [0.3, 0.4) is 0 Å². The van der Waals surface area contributed by atoms with Gasteiger partial charge in [-0.3, -0.25) is 4.79 Å². The van der Waals surface area contributed by atoms with E-state index in [9.17, 15) is 9.18 Å². The van der Waals surface area contributed by atoms with Gasteiger partial charge in [-0.2, -0.15) is 0 Å². The largest absolute Gasteiger partial charge is 0.494 e. The molecule has 0 aliphatic carbocycles. The molecule has 4 heteroatoms. The van der Waals surface area contributed by atoms with Crippen LogP contribution in [0.5, 0.6) is 5.75 Å². The quantitative estimate of drug-likeness (QED) is 0.807. The van der Waals surface area contributed by atoms with Crippen LogP contribution in [0.2, 0.25) is 0 Å². The number of rotatable bonds is 6. The predicted molar refractivity (Wildman–Crippen MR) is 88.9 cm³/mol. The van der Waals surface area contributed by atoms with Crippen molar-refractivity contribution in [2.45, 2.75) is 25.8 Å². The molecule has 0 aliphatic heterocycles. The monoisotopic (exact) mass is 315 g/mol. The van der Waals surface area contributed by atoms with E-state index in [1.165, 1.54) is 13.2 Å². The predicted octanol–water partition coefficient (Wildman–Crippen LogP) is 3.99. The zero-order valence-corrected chi connectivity index (χ0v) is 13.8. The van der Waals surface area contributed by atoms with Crippen LogP contribution in [0.25, 0.3) is 0 Å². The second kappa shape index (κ2) is 7.77. The van der Waals surface area contributed by atoms with E-state index in [4.69, 9.17) is 4.74 Å². The number of ether oxygens (including phenoxy) is 1. The average molecular weight is 315 g/mol. The molecule has 0 spiro atoms. The second-order valence-corrected chi connectivity index (χ2v) is 5.73. The second-order valence-electron chi connectivity index (χ2n) is 5.73. The summed E-state index contributed by atoms with van der Waals surface area (Å²) in [5.41, 5.74) is 1.89. The van der Waals surface area contributed by atoms with Crippen molar-refractivity contribution in [1.82, 2.24) is 4.90 Å². The van der Waals surface area contributed by atoms with Crippen molar-refractivity contribution in [3.8, 4) is 5.75 Å². The Morgan fingerprint density at radius 3 is 2.52 bits per heavy atom. The Hall–Kier alpha value is -2.36. The Morgan fingerprint density at radius 1 is 1.22 bits per heavy atom. The van der Waals surface area contributed by atoms with Gasteiger partial charge in [0.15, 0.2) is 11.6 Å². The maximum atomic E-state index is 13.7. The summed E-state index contributed by atoms with van der Waals surface area (Å²) in [6.07, 6.45) is 0.430. The molecule has 0 saturated heterocycles. The lowest BCUT2D eigenvalue weighted by Crippen LogP contribution is -2.27. The summed E-state index contributed by atoms with van der Waals surface area (Å²) in [7, 11) is 3.17. The first-order valence-corrected chi connectivity index (χ1v) is 7.62. The van der Waals surface area contributed by atoms with Gasteiger partial charge in [0.1, 0.15) is 0 Å². The topological polar surface area (TPSA) is 29.5 Å². The molecule has 1 atom stereocenters. The fourth-order valence-corrected chi connectivity index (χ4v) is 2.49. The van der Waals surface area contributed by atoms with Crippen molar-refractivity contribution < 1.29 is 13.9 Å². The van der Waals surface area contributed by atoms with Crippen molar-refractivity contribution in [3.63, 3.8) is 0 Å². The molecule has 23 heavy (non-hydrogen) atoms. The summed E-state index contributed by atoms with van der Waals surface area (Å²) in [4.78, 5) is 14.0. The molecule has 0 saturated carbocycles. The molecule has 0 heterocycles. The number of amides is 1. The summed E-state index contributed by atoms with van der Waals surface area (Å²) in [6, 6.07) is 14.7. The van der Waals surface area contributed by atoms with Crippen LogP contribution in [-0.2, 0) is 11.3 Å². The zero-order chi connectivity index (χ0) is 16.8. The summed E-state index contributed by atoms with van der Waals surface area (Å²) in [5.74, 6) is -0.0136. The lowest BCUT2D eigenvalue weighted by Gasteiger charge is -2.20. The Bertz CT molecular complexity index is 658. The smallest absolute Gasteiger partial charge is 0.223 e. The number of halogens is 1. The number of hydrogen-bond acceptors (Lipinski definition) is 2. The highest BCUT2D eigenvalue weighted by molar-refractivity contribution is 5.76. The normalized spacial score (nSPS) is 11.8. The molecule has 3 nitrogen and oxygen atoms in total. The van der Waals surface area contributed by atoms with Crippen molar-refractivity contribution in [1.29, 1.82) is 0 Å². The van der Waals surface area contributed by atoms with Gasteiger partial charge >= 0.3 is 0 Å². The van der Waals surface area contributed by atoms with Crippen LogP contribution >= 0.6 is 0 Å². The first kappa shape index (κ1) is 17.0. The number of carbonyl (C=O) groups excluding carboxylic acids is 1. The SMILES string of the molecule is COc1ccc(CN(C)C(=O)CC(C)c2ccccc2)cc1F. The number of benzene rings is 2. The Balaban J connectivity index is 1.96. The van der Waals surface area contributed by atoms with E-state index >= 15 is 0 Å². The van der Waals surface area contributed by atoms with Gasteiger partial charge in [-0.05, 0) is 29.2 Å². The van der Waals surface area contributed by atoms with E-state index in [1.807, 2.05) is 37.3 Å². The van der Waals surface area contributed by atoms with Crippen LogP contribution < -0.4 is 4.74 Å². The van der Waals surface area contributed by atoms with Gasteiger partial charge < -0.3 is 9.64 Å². The highest BCUT2D eigenvalue weighted by atomic mass is 19.1. The summed E-state index contributed by atoms with van der Waals surface area (Å²) in [6.45, 7) is 2.41. The van der Waals surface area contributed by atoms with E-state index < -0.39 is 5.82 Å². The van der Waals surface area contributed by atoms with Gasteiger partial charge in [0.05, 0.1) is 7.11 Å². The first-order valence-electron chi connectivity index (χ1n) is 7.62. The van der Waals surface area contributed by atoms with Gasteiger partial charge in [0.25, 0.3) is 0 Å². The molecule has 0 aliphatic rings. The summed E-state index contributed by atoms with van der Waals surface area (Å²) in [5, 5.41) is 0. The van der Waals surface area contributed by atoms with Gasteiger partial charge in [-0.15, -0.1) is 0 Å². The van der Waals surface area contributed by atoms with E-state index in [-0.39, 0.29) is 17.6 Å². The summed E-state index contributed by atoms with van der Waals surface area (Å²) < 4.78 is 18.6. The average Bonchev–Trinajstić information content (AvgIpc) is 2.55. The van der Waals surface area contributed by atoms with Crippen molar-refractivity contribution >= 4 is 5.91 Å². The lowest BCUT2D eigenvalue weighted by molar-refractivity contribution is -0.130. The lowest BCUT2D eigenvalue weighted by atomic mass is 9.97. The molecule has 122 valence electrons. The van der Waals surface area contributed by atoms with E-state index in [1.54, 1.807) is 24.1 Å². The molecule has 0 fully saturated rings. The molecule has 2 rings (SSSR count). The molecule has 0 aromatic heterocycles. The molecule has 1 amide bonds. The molecular weight excluding hydrogens is 293 g/mol. The van der Waals surface area contributed by atoms with Gasteiger partial charge in [0.2, 0.25) is 5.91 Å². The third-order valence-electron chi connectivity index (χ3n) is 3.91. The van der Waals surface area contributed by atoms with Gasteiger partial charge in [-0.25, -0.2) is 4.39 Å². The number of methoxy groups -OCH3 is 1. The van der Waals surface area contributed by atoms with Crippen LogP contribution in [0.4, 0.5) is 4.39 Å². The highest BCUT2D eigenvalue weighted by Crippen LogP contribution is 2.21.